The van der Waals surface area contributed by atoms with Crippen LogP contribution in [0, 0.1) is 17.1 Å². The number of amides is 1. The number of halogens is 3. The second-order valence-corrected chi connectivity index (χ2v) is 10.3. The highest BCUT2D eigenvalue weighted by Gasteiger charge is 2.26. The number of nitrogens with zero attached hydrogens (tertiary/aromatic N) is 3. The van der Waals surface area contributed by atoms with E-state index < -0.39 is 21.6 Å². The van der Waals surface area contributed by atoms with E-state index in [2.05, 4.69) is 10.3 Å². The van der Waals surface area contributed by atoms with Crippen LogP contribution < -0.4 is 5.32 Å². The van der Waals surface area contributed by atoms with Crippen LogP contribution in [0.1, 0.15) is 16.1 Å². The summed E-state index contributed by atoms with van der Waals surface area (Å²) in [5, 5.41) is 12.6. The number of hydrogen-bond acceptors (Lipinski definition) is 7. The molecule has 1 aliphatic rings. The summed E-state index contributed by atoms with van der Waals surface area (Å²) in [6, 6.07) is 10.4. The fourth-order valence-electron chi connectivity index (χ4n) is 3.26. The van der Waals surface area contributed by atoms with Crippen molar-refractivity contribution < 1.29 is 22.0 Å². The van der Waals surface area contributed by atoms with E-state index in [4.69, 9.17) is 27.6 Å². The largest absolute Gasteiger partial charge is 0.419 e. The molecule has 0 bridgehead atoms. The Kier molecular flexibility index (Phi) is 6.30. The van der Waals surface area contributed by atoms with Gasteiger partial charge in [-0.25, -0.2) is 12.8 Å². The van der Waals surface area contributed by atoms with E-state index in [-0.39, 0.29) is 68.9 Å². The maximum absolute atomic E-state index is 14.8. The molecular weight excluding hydrogens is 494 g/mol. The van der Waals surface area contributed by atoms with Crippen LogP contribution in [0.5, 0.6) is 0 Å². The molecule has 1 amide bonds. The summed E-state index contributed by atoms with van der Waals surface area (Å²) >= 11 is 12.3. The van der Waals surface area contributed by atoms with Gasteiger partial charge in [0.1, 0.15) is 11.9 Å². The summed E-state index contributed by atoms with van der Waals surface area (Å²) in [5.74, 6) is -1.63. The van der Waals surface area contributed by atoms with E-state index in [9.17, 15) is 22.9 Å². The van der Waals surface area contributed by atoms with Crippen LogP contribution in [0.4, 0.5) is 16.0 Å². The van der Waals surface area contributed by atoms with Gasteiger partial charge >= 0.3 is 0 Å². The molecular formula is C21H15Cl2FN4O4S. The minimum Gasteiger partial charge on any atom is -0.419 e. The molecule has 33 heavy (non-hydrogen) atoms. The van der Waals surface area contributed by atoms with Crippen LogP contribution >= 0.6 is 23.2 Å². The lowest BCUT2D eigenvalue weighted by atomic mass is 10.1. The second kappa shape index (κ2) is 9.02. The van der Waals surface area contributed by atoms with Crippen molar-refractivity contribution >= 4 is 50.5 Å². The molecule has 0 spiro atoms. The Morgan fingerprint density at radius 3 is 2.45 bits per heavy atom. The number of anilines is 2. The normalized spacial score (nSPS) is 15.2. The van der Waals surface area contributed by atoms with Gasteiger partial charge in [-0.2, -0.15) is 10.2 Å². The Bertz CT molecular complexity index is 1370. The first kappa shape index (κ1) is 23.0. The van der Waals surface area contributed by atoms with Crippen molar-refractivity contribution in [2.45, 2.75) is 0 Å². The molecule has 0 unspecified atom stereocenters. The molecule has 1 N–H and O–H groups in total. The van der Waals surface area contributed by atoms with Gasteiger partial charge in [-0.05, 0) is 30.3 Å². The molecule has 12 heteroatoms. The Balaban J connectivity index is 1.57. The Morgan fingerprint density at radius 1 is 1.18 bits per heavy atom. The molecule has 0 saturated carbocycles. The molecule has 170 valence electrons. The topological polar surface area (TPSA) is 116 Å². The molecule has 0 atom stereocenters. The fraction of sp³-hybridized carbons (Fsp3) is 0.190. The highest BCUT2D eigenvalue weighted by molar-refractivity contribution is 7.91. The fourth-order valence-corrected chi connectivity index (χ4v) is 5.02. The molecule has 1 aliphatic heterocycles. The number of carbonyl (C=O) groups is 1. The Hall–Kier alpha value is -3.13. The number of rotatable bonds is 4. The maximum Gasteiger partial charge on any atom is 0.254 e. The zero-order valence-electron chi connectivity index (χ0n) is 16.8. The third-order valence-corrected chi connectivity index (χ3v) is 7.24. The number of oxazole rings is 1. The van der Waals surface area contributed by atoms with E-state index in [0.29, 0.717) is 0 Å². The number of hydrogen-bond donors (Lipinski definition) is 1. The van der Waals surface area contributed by atoms with Crippen LogP contribution in [0.25, 0.3) is 11.5 Å². The molecule has 2 heterocycles. The van der Waals surface area contributed by atoms with Crippen molar-refractivity contribution in [3.8, 4) is 17.5 Å². The number of carbonyl (C=O) groups excluding carboxylic acids is 1. The lowest BCUT2D eigenvalue weighted by Crippen LogP contribution is -2.43. The van der Waals surface area contributed by atoms with Crippen LogP contribution in [-0.2, 0) is 9.84 Å². The monoisotopic (exact) mass is 508 g/mol. The number of nitriles is 1. The average Bonchev–Trinajstić information content (AvgIpc) is 3.17. The van der Waals surface area contributed by atoms with E-state index in [1.165, 1.54) is 17.0 Å². The van der Waals surface area contributed by atoms with Gasteiger partial charge < -0.3 is 14.6 Å². The predicted octanol–water partition coefficient (Wildman–Crippen LogP) is 4.27. The minimum absolute atomic E-state index is 0.0168. The van der Waals surface area contributed by atoms with Crippen LogP contribution in [0.2, 0.25) is 10.0 Å². The van der Waals surface area contributed by atoms with Crippen molar-refractivity contribution in [3.63, 3.8) is 0 Å². The predicted molar refractivity (Wildman–Crippen MR) is 121 cm³/mol. The van der Waals surface area contributed by atoms with Crippen molar-refractivity contribution in [2.75, 3.05) is 29.9 Å². The van der Waals surface area contributed by atoms with Crippen LogP contribution in [0.3, 0.4) is 0 Å². The second-order valence-electron chi connectivity index (χ2n) is 7.17. The molecule has 3 aromatic rings. The molecule has 1 fully saturated rings. The SMILES string of the molecule is N#Cc1nc(-c2c(Cl)cccc2Cl)oc1Nc1ccc(C(=O)N2CCS(=O)(=O)CC2)cc1F. The standard InChI is InChI=1S/C21H15Cl2FN4O4S/c22-13-2-1-3-14(23)18(13)20-27-17(11-25)19(32-20)26-16-5-4-12(10-15(16)24)21(29)28-6-8-33(30,31)9-7-28/h1-5,10,26H,6-9H2. The minimum atomic E-state index is -3.15. The maximum atomic E-state index is 14.8. The lowest BCUT2D eigenvalue weighted by Gasteiger charge is -2.26. The Morgan fingerprint density at radius 2 is 1.85 bits per heavy atom. The van der Waals surface area contributed by atoms with Gasteiger partial charge in [0.15, 0.2) is 9.84 Å². The molecule has 8 nitrogen and oxygen atoms in total. The summed E-state index contributed by atoms with van der Waals surface area (Å²) in [4.78, 5) is 18.0. The number of sulfone groups is 1. The first-order valence-electron chi connectivity index (χ1n) is 9.60. The average molecular weight is 509 g/mol. The number of aromatic nitrogens is 1. The summed E-state index contributed by atoms with van der Waals surface area (Å²) in [6.45, 7) is 0.111. The Labute approximate surface area is 198 Å². The molecule has 0 aliphatic carbocycles. The highest BCUT2D eigenvalue weighted by Crippen LogP contribution is 2.37. The van der Waals surface area contributed by atoms with E-state index >= 15 is 0 Å². The van der Waals surface area contributed by atoms with Crippen molar-refractivity contribution in [2.24, 2.45) is 0 Å². The first-order valence-corrected chi connectivity index (χ1v) is 12.2. The highest BCUT2D eigenvalue weighted by atomic mass is 35.5. The quantitative estimate of drug-likeness (QED) is 0.558. The molecule has 1 aromatic heterocycles. The van der Waals surface area contributed by atoms with Gasteiger partial charge in [-0.3, -0.25) is 4.79 Å². The van der Waals surface area contributed by atoms with Crippen molar-refractivity contribution in [3.05, 3.63) is 63.5 Å². The third kappa shape index (κ3) is 4.80. The summed E-state index contributed by atoms with van der Waals surface area (Å²) in [6.07, 6.45) is 0. The van der Waals surface area contributed by atoms with Crippen molar-refractivity contribution in [1.82, 2.24) is 9.88 Å². The van der Waals surface area contributed by atoms with Gasteiger partial charge in [0.2, 0.25) is 17.5 Å². The summed E-state index contributed by atoms with van der Waals surface area (Å²) in [7, 11) is -3.15. The van der Waals surface area contributed by atoms with Gasteiger partial charge in [0.25, 0.3) is 5.91 Å². The smallest absolute Gasteiger partial charge is 0.254 e. The van der Waals surface area contributed by atoms with Gasteiger partial charge in [-0.1, -0.05) is 29.3 Å². The summed E-state index contributed by atoms with van der Waals surface area (Å²) in [5.41, 5.74) is 0.154. The zero-order valence-corrected chi connectivity index (χ0v) is 19.1. The van der Waals surface area contributed by atoms with Crippen molar-refractivity contribution in [1.29, 1.82) is 5.26 Å². The van der Waals surface area contributed by atoms with Crippen LogP contribution in [0.15, 0.2) is 40.8 Å². The van der Waals surface area contributed by atoms with E-state index in [0.717, 1.165) is 6.07 Å². The van der Waals surface area contributed by atoms with Gasteiger partial charge in [0.05, 0.1) is 32.8 Å². The van der Waals surface area contributed by atoms with Gasteiger partial charge in [-0.15, -0.1) is 0 Å². The number of nitrogens with one attached hydrogen (secondary N) is 1. The molecule has 4 rings (SSSR count). The van der Waals surface area contributed by atoms with E-state index in [1.807, 2.05) is 6.07 Å². The first-order chi connectivity index (χ1) is 15.7. The third-order valence-electron chi connectivity index (χ3n) is 5.01. The molecule has 0 radical (unpaired) electrons. The van der Waals surface area contributed by atoms with E-state index in [1.54, 1.807) is 18.2 Å². The van der Waals surface area contributed by atoms with Gasteiger partial charge in [0, 0.05) is 18.7 Å². The zero-order chi connectivity index (χ0) is 23.8. The lowest BCUT2D eigenvalue weighted by molar-refractivity contribution is 0.0770. The molecule has 1 saturated heterocycles. The van der Waals surface area contributed by atoms with Crippen LogP contribution in [-0.4, -0.2) is 48.8 Å². The summed E-state index contributed by atoms with van der Waals surface area (Å²) < 4.78 is 43.5. The number of benzene rings is 2. The molecule has 2 aromatic carbocycles.